The molecule has 0 aliphatic heterocycles. The molecule has 308 valence electrons. The van der Waals surface area contributed by atoms with Crippen molar-refractivity contribution in [2.45, 2.75) is 232 Å². The number of hydrogen-bond donors (Lipinski definition) is 0. The fraction of sp³-hybridized carbons (Fsp3) is 0.809. The molecule has 0 aliphatic carbocycles. The van der Waals surface area contributed by atoms with Crippen LogP contribution in [0.2, 0.25) is 0 Å². The first-order chi connectivity index (χ1) is 26.0. The largest absolute Gasteiger partial charge is 0.462 e. The minimum absolute atomic E-state index is 0.0952. The molecular formula is C47H84O6. The van der Waals surface area contributed by atoms with Gasteiger partial charge in [-0.1, -0.05) is 211 Å². The number of carbonyl (C=O) groups is 3. The second-order valence-corrected chi connectivity index (χ2v) is 15.0. The van der Waals surface area contributed by atoms with E-state index in [9.17, 15) is 14.4 Å². The van der Waals surface area contributed by atoms with Crippen LogP contribution in [0.25, 0.3) is 0 Å². The smallest absolute Gasteiger partial charge is 0.309 e. The fourth-order valence-corrected chi connectivity index (χ4v) is 6.33. The molecule has 0 aromatic rings. The van der Waals surface area contributed by atoms with Crippen LogP contribution < -0.4 is 0 Å². The van der Waals surface area contributed by atoms with Gasteiger partial charge >= 0.3 is 17.9 Å². The van der Waals surface area contributed by atoms with Gasteiger partial charge in [-0.15, -0.1) is 0 Å². The van der Waals surface area contributed by atoms with Crippen LogP contribution in [0.5, 0.6) is 0 Å². The maximum absolute atomic E-state index is 12.7. The lowest BCUT2D eigenvalue weighted by Crippen LogP contribution is -2.30. The maximum Gasteiger partial charge on any atom is 0.309 e. The summed E-state index contributed by atoms with van der Waals surface area (Å²) >= 11 is 0. The monoisotopic (exact) mass is 745 g/mol. The van der Waals surface area contributed by atoms with E-state index >= 15 is 0 Å². The van der Waals surface area contributed by atoms with Gasteiger partial charge in [-0.3, -0.25) is 14.4 Å². The van der Waals surface area contributed by atoms with Crippen molar-refractivity contribution in [3.8, 4) is 0 Å². The fourth-order valence-electron chi connectivity index (χ4n) is 6.33. The van der Waals surface area contributed by atoms with Gasteiger partial charge in [-0.2, -0.15) is 0 Å². The molecular weight excluding hydrogens is 661 g/mol. The number of hydrogen-bond acceptors (Lipinski definition) is 6. The zero-order valence-corrected chi connectivity index (χ0v) is 35.0. The molecule has 0 bridgehead atoms. The SMILES string of the molecule is CC/C=C\C/C=C\C/C=C\CC(=O)OCC(COC(=O)CCCCCCCCCCCCCCCC)OC(=O)CCCCCCCCCCCCCC. The van der Waals surface area contributed by atoms with Crippen molar-refractivity contribution >= 4 is 17.9 Å². The summed E-state index contributed by atoms with van der Waals surface area (Å²) < 4.78 is 16.6. The summed E-state index contributed by atoms with van der Waals surface area (Å²) in [6.45, 7) is 6.42. The van der Waals surface area contributed by atoms with Gasteiger partial charge in [0, 0.05) is 12.8 Å². The molecule has 0 saturated heterocycles. The van der Waals surface area contributed by atoms with Crippen molar-refractivity contribution < 1.29 is 28.6 Å². The van der Waals surface area contributed by atoms with Crippen LogP contribution >= 0.6 is 0 Å². The third kappa shape index (κ3) is 40.6. The van der Waals surface area contributed by atoms with E-state index in [2.05, 4.69) is 45.1 Å². The number of esters is 3. The highest BCUT2D eigenvalue weighted by molar-refractivity contribution is 5.72. The first-order valence-corrected chi connectivity index (χ1v) is 22.5. The second kappa shape index (κ2) is 42.4. The molecule has 0 aromatic carbocycles. The summed E-state index contributed by atoms with van der Waals surface area (Å²) in [5, 5.41) is 0. The van der Waals surface area contributed by atoms with E-state index in [4.69, 9.17) is 14.2 Å². The molecule has 0 fully saturated rings. The van der Waals surface area contributed by atoms with E-state index in [1.807, 2.05) is 6.08 Å². The van der Waals surface area contributed by atoms with Crippen LogP contribution in [0, 0.1) is 0 Å². The molecule has 1 unspecified atom stereocenters. The second-order valence-electron chi connectivity index (χ2n) is 15.0. The minimum atomic E-state index is -0.799. The van der Waals surface area contributed by atoms with Gasteiger partial charge in [0.05, 0.1) is 6.42 Å². The van der Waals surface area contributed by atoms with Crippen LogP contribution in [0.1, 0.15) is 226 Å². The molecule has 0 heterocycles. The summed E-state index contributed by atoms with van der Waals surface area (Å²) in [7, 11) is 0. The normalized spacial score (nSPS) is 12.3. The van der Waals surface area contributed by atoms with E-state index in [1.165, 1.54) is 128 Å². The Morgan fingerprint density at radius 1 is 0.396 bits per heavy atom. The Bertz CT molecular complexity index is 907. The quantitative estimate of drug-likeness (QED) is 0.0269. The van der Waals surface area contributed by atoms with Crippen molar-refractivity contribution in [3.63, 3.8) is 0 Å². The molecule has 6 heteroatoms. The molecule has 0 rings (SSSR count). The van der Waals surface area contributed by atoms with Crippen molar-refractivity contribution in [2.24, 2.45) is 0 Å². The van der Waals surface area contributed by atoms with Crippen molar-refractivity contribution in [1.82, 2.24) is 0 Å². The van der Waals surface area contributed by atoms with E-state index in [1.54, 1.807) is 6.08 Å². The van der Waals surface area contributed by atoms with Crippen molar-refractivity contribution in [1.29, 1.82) is 0 Å². The van der Waals surface area contributed by atoms with Gasteiger partial charge < -0.3 is 14.2 Å². The number of unbranched alkanes of at least 4 members (excludes halogenated alkanes) is 24. The average molecular weight is 745 g/mol. The van der Waals surface area contributed by atoms with Gasteiger partial charge in [0.1, 0.15) is 13.2 Å². The molecule has 0 aliphatic rings. The highest BCUT2D eigenvalue weighted by Gasteiger charge is 2.19. The van der Waals surface area contributed by atoms with Gasteiger partial charge in [-0.25, -0.2) is 0 Å². The lowest BCUT2D eigenvalue weighted by Gasteiger charge is -2.18. The molecule has 0 radical (unpaired) electrons. The van der Waals surface area contributed by atoms with Crippen LogP contribution in [-0.4, -0.2) is 37.2 Å². The van der Waals surface area contributed by atoms with Crippen LogP contribution in [0.4, 0.5) is 0 Å². The molecule has 0 aromatic heterocycles. The van der Waals surface area contributed by atoms with Crippen LogP contribution in [-0.2, 0) is 28.6 Å². The third-order valence-corrected chi connectivity index (χ3v) is 9.69. The zero-order chi connectivity index (χ0) is 38.7. The summed E-state index contributed by atoms with van der Waals surface area (Å²) in [4.78, 5) is 37.6. The van der Waals surface area contributed by atoms with E-state index in [0.717, 1.165) is 57.8 Å². The topological polar surface area (TPSA) is 78.9 Å². The number of rotatable bonds is 40. The number of carbonyl (C=O) groups excluding carboxylic acids is 3. The standard InChI is InChI=1S/C47H84O6/c1-4-7-10-13-16-19-21-23-24-26-28-31-34-37-40-46(49)52-43-44(42-51-45(48)39-36-33-30-27-18-15-12-9-6-3)53-47(50)41-38-35-32-29-25-22-20-17-14-11-8-5-2/h9,12,18,27,33,36,44H,4-8,10-11,13-17,19-26,28-32,34-35,37-43H2,1-3H3/b12-9-,27-18-,36-33-. The van der Waals surface area contributed by atoms with Gasteiger partial charge in [0.2, 0.25) is 0 Å². The number of allylic oxidation sites excluding steroid dienone is 5. The van der Waals surface area contributed by atoms with Crippen molar-refractivity contribution in [2.75, 3.05) is 13.2 Å². The molecule has 0 spiro atoms. The molecule has 1 atom stereocenters. The van der Waals surface area contributed by atoms with Gasteiger partial charge in [-0.05, 0) is 32.1 Å². The summed E-state index contributed by atoms with van der Waals surface area (Å²) in [6.07, 6.45) is 47.3. The minimum Gasteiger partial charge on any atom is -0.462 e. The molecule has 6 nitrogen and oxygen atoms in total. The summed E-state index contributed by atoms with van der Waals surface area (Å²) in [5.41, 5.74) is 0. The van der Waals surface area contributed by atoms with E-state index in [-0.39, 0.29) is 31.6 Å². The Morgan fingerprint density at radius 3 is 1.15 bits per heavy atom. The summed E-state index contributed by atoms with van der Waals surface area (Å²) in [6, 6.07) is 0. The lowest BCUT2D eigenvalue weighted by atomic mass is 10.0. The van der Waals surface area contributed by atoms with Gasteiger partial charge in [0.25, 0.3) is 0 Å². The Hall–Kier alpha value is -2.37. The predicted molar refractivity (Wildman–Crippen MR) is 224 cm³/mol. The van der Waals surface area contributed by atoms with Gasteiger partial charge in [0.15, 0.2) is 6.10 Å². The highest BCUT2D eigenvalue weighted by atomic mass is 16.6. The average Bonchev–Trinajstić information content (AvgIpc) is 3.15. The Balaban J connectivity index is 4.38. The number of ether oxygens (including phenoxy) is 3. The van der Waals surface area contributed by atoms with Crippen LogP contribution in [0.3, 0.4) is 0 Å². The first-order valence-electron chi connectivity index (χ1n) is 22.5. The van der Waals surface area contributed by atoms with E-state index < -0.39 is 12.1 Å². The highest BCUT2D eigenvalue weighted by Crippen LogP contribution is 2.15. The molecule has 53 heavy (non-hydrogen) atoms. The Kier molecular flexibility index (Phi) is 40.5. The van der Waals surface area contributed by atoms with Crippen LogP contribution in [0.15, 0.2) is 36.5 Å². The first kappa shape index (κ1) is 50.6. The summed E-state index contributed by atoms with van der Waals surface area (Å²) in [5.74, 6) is -1.02. The lowest BCUT2D eigenvalue weighted by molar-refractivity contribution is -0.166. The maximum atomic E-state index is 12.7. The molecule has 0 N–H and O–H groups in total. The zero-order valence-electron chi connectivity index (χ0n) is 35.0. The Morgan fingerprint density at radius 2 is 0.736 bits per heavy atom. The third-order valence-electron chi connectivity index (χ3n) is 9.69. The molecule has 0 saturated carbocycles. The Labute approximate surface area is 327 Å². The van der Waals surface area contributed by atoms with Crippen molar-refractivity contribution in [3.05, 3.63) is 36.5 Å². The molecule has 0 amide bonds. The van der Waals surface area contributed by atoms with E-state index in [0.29, 0.717) is 12.8 Å². The predicted octanol–water partition coefficient (Wildman–Crippen LogP) is 14.2.